The van der Waals surface area contributed by atoms with E-state index in [1.165, 1.54) is 50.5 Å². The summed E-state index contributed by atoms with van der Waals surface area (Å²) >= 11 is 0. The molecule has 154 valence electrons. The third-order valence-corrected chi connectivity index (χ3v) is 6.98. The Labute approximate surface area is 173 Å². The summed E-state index contributed by atoms with van der Waals surface area (Å²) in [5.41, 5.74) is 2.28. The zero-order chi connectivity index (χ0) is 19.6. The fourth-order valence-electron chi connectivity index (χ4n) is 5.41. The van der Waals surface area contributed by atoms with E-state index in [4.69, 9.17) is 0 Å². The number of piperidine rings is 1. The Balaban J connectivity index is 1.26. The van der Waals surface area contributed by atoms with Gasteiger partial charge in [0.1, 0.15) is 11.6 Å². The highest BCUT2D eigenvalue weighted by Gasteiger charge is 2.29. The molecule has 0 radical (unpaired) electrons. The molecule has 0 spiro atoms. The van der Waals surface area contributed by atoms with Gasteiger partial charge in [0.25, 0.3) is 0 Å². The van der Waals surface area contributed by atoms with Crippen molar-refractivity contribution in [3.8, 4) is 0 Å². The van der Waals surface area contributed by atoms with Crippen molar-refractivity contribution in [2.24, 2.45) is 11.8 Å². The normalized spacial score (nSPS) is 27.0. The van der Waals surface area contributed by atoms with Crippen LogP contribution in [0.4, 0.5) is 21.6 Å². The standard InChI is InChI=1S/C24H31FN4/c25-20-3-1-5-22(13-20)28-12-2-4-21(17-28)27-24-14-23(10-11-26-24)29-15-18-6-7-19(16-29)9-8-18/h1,3,5,10-11,13-14,18-19,21H,2,4,6-9,12,15-17H2,(H,26,27)/t18?,19?,21-/m1/s1. The summed E-state index contributed by atoms with van der Waals surface area (Å²) in [6, 6.07) is 11.7. The van der Waals surface area contributed by atoms with Crippen molar-refractivity contribution in [2.75, 3.05) is 41.3 Å². The van der Waals surface area contributed by atoms with E-state index in [1.807, 2.05) is 12.3 Å². The number of aromatic nitrogens is 1. The van der Waals surface area contributed by atoms with E-state index >= 15 is 0 Å². The molecule has 0 amide bonds. The molecular weight excluding hydrogens is 363 g/mol. The predicted octanol–water partition coefficient (Wildman–Crippen LogP) is 4.93. The van der Waals surface area contributed by atoms with Crippen molar-refractivity contribution in [1.29, 1.82) is 0 Å². The Kier molecular flexibility index (Phi) is 5.30. The van der Waals surface area contributed by atoms with Crippen LogP contribution in [-0.4, -0.2) is 37.2 Å². The fourth-order valence-corrected chi connectivity index (χ4v) is 5.41. The van der Waals surface area contributed by atoms with E-state index in [0.717, 1.165) is 49.3 Å². The molecule has 4 heterocycles. The second-order valence-corrected chi connectivity index (χ2v) is 9.10. The van der Waals surface area contributed by atoms with Gasteiger partial charge in [-0.1, -0.05) is 6.07 Å². The van der Waals surface area contributed by atoms with Gasteiger partial charge in [0.15, 0.2) is 0 Å². The molecule has 5 heteroatoms. The largest absolute Gasteiger partial charge is 0.371 e. The molecule has 1 aliphatic carbocycles. The number of halogens is 1. The maximum atomic E-state index is 13.6. The topological polar surface area (TPSA) is 31.4 Å². The highest BCUT2D eigenvalue weighted by Crippen LogP contribution is 2.36. The van der Waals surface area contributed by atoms with Gasteiger partial charge in [-0.25, -0.2) is 9.37 Å². The lowest BCUT2D eigenvalue weighted by Crippen LogP contribution is -2.42. The van der Waals surface area contributed by atoms with E-state index in [1.54, 1.807) is 12.1 Å². The van der Waals surface area contributed by atoms with Crippen LogP contribution in [0, 0.1) is 17.7 Å². The molecule has 4 nitrogen and oxygen atoms in total. The number of rotatable bonds is 4. The molecule has 4 aliphatic rings. The van der Waals surface area contributed by atoms with Crippen LogP contribution in [-0.2, 0) is 0 Å². The van der Waals surface area contributed by atoms with Crippen LogP contribution in [0.15, 0.2) is 42.6 Å². The quantitative estimate of drug-likeness (QED) is 0.797. The van der Waals surface area contributed by atoms with Crippen LogP contribution in [0.2, 0.25) is 0 Å². The molecule has 1 aromatic heterocycles. The van der Waals surface area contributed by atoms with Crippen LogP contribution in [0.5, 0.6) is 0 Å². The van der Waals surface area contributed by atoms with Gasteiger partial charge in [-0.3, -0.25) is 0 Å². The molecule has 2 bridgehead atoms. The summed E-state index contributed by atoms with van der Waals surface area (Å²) in [5, 5.41) is 3.66. The van der Waals surface area contributed by atoms with Crippen LogP contribution >= 0.6 is 0 Å². The van der Waals surface area contributed by atoms with Crippen LogP contribution in [0.25, 0.3) is 0 Å². The summed E-state index contributed by atoms with van der Waals surface area (Å²) in [5.74, 6) is 2.51. The van der Waals surface area contributed by atoms with Crippen molar-refractivity contribution >= 4 is 17.2 Å². The SMILES string of the molecule is Fc1cccc(N2CCC[C@@H](Nc3cc(N4CC5CCC(CC5)C4)ccn3)C2)c1. The summed E-state index contributed by atoms with van der Waals surface area (Å²) in [4.78, 5) is 9.46. The number of hydrogen-bond donors (Lipinski definition) is 1. The Morgan fingerprint density at radius 3 is 2.38 bits per heavy atom. The van der Waals surface area contributed by atoms with E-state index in [9.17, 15) is 4.39 Å². The van der Waals surface area contributed by atoms with Crippen molar-refractivity contribution in [3.05, 3.63) is 48.4 Å². The summed E-state index contributed by atoms with van der Waals surface area (Å²) < 4.78 is 13.6. The molecule has 0 unspecified atom stereocenters. The van der Waals surface area contributed by atoms with Crippen molar-refractivity contribution in [3.63, 3.8) is 0 Å². The lowest BCUT2D eigenvalue weighted by atomic mass is 9.84. The number of fused-ring (bicyclic) bond motifs is 4. The Bertz CT molecular complexity index is 819. The predicted molar refractivity (Wildman–Crippen MR) is 117 cm³/mol. The zero-order valence-corrected chi connectivity index (χ0v) is 17.1. The third kappa shape index (κ3) is 4.34. The van der Waals surface area contributed by atoms with Crippen molar-refractivity contribution in [2.45, 2.75) is 44.6 Å². The fraction of sp³-hybridized carbons (Fsp3) is 0.542. The maximum Gasteiger partial charge on any atom is 0.128 e. The summed E-state index contributed by atoms with van der Waals surface area (Å²) in [7, 11) is 0. The van der Waals surface area contributed by atoms with Crippen LogP contribution in [0.1, 0.15) is 38.5 Å². The molecule has 6 rings (SSSR count). The lowest BCUT2D eigenvalue weighted by molar-refractivity contribution is 0.326. The molecule has 1 saturated carbocycles. The van der Waals surface area contributed by atoms with E-state index in [2.05, 4.69) is 32.2 Å². The molecule has 29 heavy (non-hydrogen) atoms. The van der Waals surface area contributed by atoms with Gasteiger partial charge in [-0.2, -0.15) is 0 Å². The number of benzene rings is 1. The monoisotopic (exact) mass is 394 g/mol. The van der Waals surface area contributed by atoms with Crippen LogP contribution < -0.4 is 15.1 Å². The van der Waals surface area contributed by atoms with Gasteiger partial charge >= 0.3 is 0 Å². The van der Waals surface area contributed by atoms with Gasteiger partial charge in [-0.15, -0.1) is 0 Å². The lowest BCUT2D eigenvalue weighted by Gasteiger charge is -2.35. The maximum absolute atomic E-state index is 13.6. The minimum Gasteiger partial charge on any atom is -0.371 e. The van der Waals surface area contributed by atoms with Gasteiger partial charge in [0, 0.05) is 55.9 Å². The minimum atomic E-state index is -0.168. The average Bonchev–Trinajstić information content (AvgIpc) is 3.08. The third-order valence-electron chi connectivity index (χ3n) is 6.98. The molecule has 1 aromatic carbocycles. The first-order valence-corrected chi connectivity index (χ1v) is 11.2. The van der Waals surface area contributed by atoms with Gasteiger partial charge < -0.3 is 15.1 Å². The Morgan fingerprint density at radius 2 is 1.62 bits per heavy atom. The first-order chi connectivity index (χ1) is 14.2. The summed E-state index contributed by atoms with van der Waals surface area (Å²) in [6.07, 6.45) is 9.75. The van der Waals surface area contributed by atoms with E-state index in [-0.39, 0.29) is 5.82 Å². The smallest absolute Gasteiger partial charge is 0.128 e. The Morgan fingerprint density at radius 1 is 0.862 bits per heavy atom. The van der Waals surface area contributed by atoms with Gasteiger partial charge in [0.05, 0.1) is 0 Å². The number of pyridine rings is 1. The number of nitrogens with zero attached hydrogens (tertiary/aromatic N) is 3. The summed E-state index contributed by atoms with van der Waals surface area (Å²) in [6.45, 7) is 4.24. The number of anilines is 3. The van der Waals surface area contributed by atoms with E-state index in [0.29, 0.717) is 6.04 Å². The van der Waals surface area contributed by atoms with Gasteiger partial charge in [0.2, 0.25) is 0 Å². The average molecular weight is 395 g/mol. The zero-order valence-electron chi connectivity index (χ0n) is 17.1. The number of nitrogens with one attached hydrogen (secondary N) is 1. The minimum absolute atomic E-state index is 0.168. The first-order valence-electron chi connectivity index (χ1n) is 11.2. The molecule has 1 atom stereocenters. The molecule has 3 saturated heterocycles. The highest BCUT2D eigenvalue weighted by molar-refractivity contribution is 5.55. The van der Waals surface area contributed by atoms with Crippen molar-refractivity contribution in [1.82, 2.24) is 4.98 Å². The van der Waals surface area contributed by atoms with Gasteiger partial charge in [-0.05, 0) is 74.6 Å². The Hall–Kier alpha value is -2.30. The second kappa shape index (κ2) is 8.21. The van der Waals surface area contributed by atoms with E-state index < -0.39 is 0 Å². The molecule has 1 N–H and O–H groups in total. The highest BCUT2D eigenvalue weighted by atomic mass is 19.1. The second-order valence-electron chi connectivity index (χ2n) is 9.10. The van der Waals surface area contributed by atoms with Crippen molar-refractivity contribution < 1.29 is 4.39 Å². The molecule has 2 aromatic rings. The van der Waals surface area contributed by atoms with Crippen LogP contribution in [0.3, 0.4) is 0 Å². The first kappa shape index (κ1) is 18.7. The molecular formula is C24H31FN4. The number of hydrogen-bond acceptors (Lipinski definition) is 4. The molecule has 3 aliphatic heterocycles. The molecule has 4 fully saturated rings.